The second kappa shape index (κ2) is 17.2. The summed E-state index contributed by atoms with van der Waals surface area (Å²) in [5.74, 6) is -3.94. The molecule has 11 heteroatoms. The van der Waals surface area contributed by atoms with E-state index >= 15 is 0 Å². The quantitative estimate of drug-likeness (QED) is 0.179. The number of benzene rings is 1. The lowest BCUT2D eigenvalue weighted by molar-refractivity contribution is -0.177. The molecule has 2 heterocycles. The molecule has 1 fully saturated rings. The van der Waals surface area contributed by atoms with Gasteiger partial charge in [0.25, 0.3) is 5.91 Å². The monoisotopic (exact) mass is 612 g/mol. The van der Waals surface area contributed by atoms with E-state index in [0.717, 1.165) is 37.7 Å². The fourth-order valence-corrected chi connectivity index (χ4v) is 4.98. The molecule has 0 bridgehead atoms. The Morgan fingerprint density at radius 3 is 2.45 bits per heavy atom. The molecule has 4 atom stereocenters. The van der Waals surface area contributed by atoms with E-state index < -0.39 is 53.8 Å². The lowest BCUT2D eigenvalue weighted by Crippen LogP contribution is -2.43. The van der Waals surface area contributed by atoms with Crippen LogP contribution in [0.15, 0.2) is 42.6 Å². The minimum absolute atomic E-state index is 0.0861. The molecule has 0 spiro atoms. The number of aromatic nitrogens is 1. The van der Waals surface area contributed by atoms with Crippen LogP contribution < -0.4 is 10.1 Å². The highest BCUT2D eigenvalue weighted by Gasteiger charge is 2.41. The van der Waals surface area contributed by atoms with Crippen LogP contribution in [-0.4, -0.2) is 66.4 Å². The van der Waals surface area contributed by atoms with Crippen LogP contribution >= 0.6 is 0 Å². The van der Waals surface area contributed by atoms with Crippen LogP contribution in [0.3, 0.4) is 0 Å². The van der Waals surface area contributed by atoms with Crippen molar-refractivity contribution >= 4 is 23.8 Å². The molecule has 0 radical (unpaired) electrons. The Hall–Kier alpha value is -4.15. The van der Waals surface area contributed by atoms with Crippen LogP contribution in [-0.2, 0) is 35.0 Å². The summed E-state index contributed by atoms with van der Waals surface area (Å²) in [5, 5.41) is 12.8. The number of nitrogens with one attached hydrogen (secondary N) is 1. The predicted molar refractivity (Wildman–Crippen MR) is 161 cm³/mol. The SMILES string of the molecule is COc1ccnc(C(=O)NCCCCCCC[C@H]2COC(=O)[C@H](Cc3ccccc3)[C@@H](OC(=O)C(C)C)[C@H](C)OC2=O)c1O. The molecule has 2 N–H and O–H groups in total. The van der Waals surface area contributed by atoms with Crippen molar-refractivity contribution in [3.05, 3.63) is 53.9 Å². The summed E-state index contributed by atoms with van der Waals surface area (Å²) in [6.07, 6.45) is 4.36. The summed E-state index contributed by atoms with van der Waals surface area (Å²) in [7, 11) is 1.40. The topological polar surface area (TPSA) is 150 Å². The van der Waals surface area contributed by atoms with E-state index in [1.54, 1.807) is 20.8 Å². The van der Waals surface area contributed by atoms with Gasteiger partial charge in [0.1, 0.15) is 18.6 Å². The number of nitrogens with zero attached hydrogens (tertiary/aromatic N) is 1. The number of hydrogen-bond donors (Lipinski definition) is 2. The highest BCUT2D eigenvalue weighted by molar-refractivity contribution is 5.95. The number of pyridine rings is 1. The molecule has 0 aliphatic carbocycles. The highest BCUT2D eigenvalue weighted by atomic mass is 16.6. The zero-order valence-electron chi connectivity index (χ0n) is 26.0. The van der Waals surface area contributed by atoms with Gasteiger partial charge in [-0.25, -0.2) is 4.98 Å². The molecule has 1 amide bonds. The highest BCUT2D eigenvalue weighted by Crippen LogP contribution is 2.28. The molecule has 3 rings (SSSR count). The first-order valence-electron chi connectivity index (χ1n) is 15.2. The summed E-state index contributed by atoms with van der Waals surface area (Å²) in [6, 6.07) is 10.9. The second-order valence-corrected chi connectivity index (χ2v) is 11.3. The molecule has 44 heavy (non-hydrogen) atoms. The van der Waals surface area contributed by atoms with E-state index in [-0.39, 0.29) is 30.2 Å². The van der Waals surface area contributed by atoms with Gasteiger partial charge in [-0.2, -0.15) is 0 Å². The number of cyclic esters (lactones) is 2. The van der Waals surface area contributed by atoms with Crippen molar-refractivity contribution < 1.29 is 43.2 Å². The molecule has 1 aromatic carbocycles. The second-order valence-electron chi connectivity index (χ2n) is 11.3. The summed E-state index contributed by atoms with van der Waals surface area (Å²) in [6.45, 7) is 5.38. The number of ether oxygens (including phenoxy) is 4. The molecule has 0 unspecified atom stereocenters. The van der Waals surface area contributed by atoms with E-state index in [4.69, 9.17) is 18.9 Å². The number of aromatic hydroxyl groups is 1. The van der Waals surface area contributed by atoms with Gasteiger partial charge >= 0.3 is 17.9 Å². The molecule has 1 saturated heterocycles. The molecule has 1 aromatic heterocycles. The number of methoxy groups -OCH3 is 1. The number of unbranched alkanes of at least 4 members (excludes halogenated alkanes) is 4. The average molecular weight is 613 g/mol. The molecule has 1 aliphatic heterocycles. The van der Waals surface area contributed by atoms with Crippen LogP contribution in [0.25, 0.3) is 0 Å². The van der Waals surface area contributed by atoms with Crippen molar-refractivity contribution in [2.24, 2.45) is 17.8 Å². The predicted octanol–water partition coefficient (Wildman–Crippen LogP) is 4.40. The fraction of sp³-hybridized carbons (Fsp3) is 0.545. The summed E-state index contributed by atoms with van der Waals surface area (Å²) in [5.41, 5.74) is 0.793. The van der Waals surface area contributed by atoms with Crippen molar-refractivity contribution in [1.29, 1.82) is 0 Å². The molecule has 240 valence electrons. The van der Waals surface area contributed by atoms with Crippen LogP contribution in [0.1, 0.15) is 75.3 Å². The van der Waals surface area contributed by atoms with Gasteiger partial charge < -0.3 is 29.4 Å². The third kappa shape index (κ3) is 9.96. The molecule has 2 aromatic rings. The van der Waals surface area contributed by atoms with Gasteiger partial charge in [0.15, 0.2) is 23.3 Å². The van der Waals surface area contributed by atoms with Crippen LogP contribution in [0, 0.1) is 17.8 Å². The smallest absolute Gasteiger partial charge is 0.313 e. The van der Waals surface area contributed by atoms with E-state index in [9.17, 15) is 24.3 Å². The van der Waals surface area contributed by atoms with Crippen molar-refractivity contribution in [2.75, 3.05) is 20.3 Å². The van der Waals surface area contributed by atoms with Gasteiger partial charge in [-0.15, -0.1) is 0 Å². The van der Waals surface area contributed by atoms with E-state index in [1.165, 1.54) is 19.4 Å². The minimum Gasteiger partial charge on any atom is -0.503 e. The summed E-state index contributed by atoms with van der Waals surface area (Å²) < 4.78 is 22.1. The van der Waals surface area contributed by atoms with Gasteiger partial charge in [-0.05, 0) is 31.7 Å². The fourth-order valence-electron chi connectivity index (χ4n) is 4.98. The van der Waals surface area contributed by atoms with Crippen molar-refractivity contribution in [2.45, 2.75) is 77.9 Å². The van der Waals surface area contributed by atoms with E-state index in [1.807, 2.05) is 30.3 Å². The Morgan fingerprint density at radius 2 is 1.75 bits per heavy atom. The third-order valence-corrected chi connectivity index (χ3v) is 7.58. The Labute approximate surface area is 258 Å². The van der Waals surface area contributed by atoms with Crippen LogP contribution in [0.4, 0.5) is 0 Å². The molecular formula is C33H44N2O9. The Kier molecular flexibility index (Phi) is 13.4. The van der Waals surface area contributed by atoms with Gasteiger partial charge in [0, 0.05) is 18.8 Å². The average Bonchev–Trinajstić information content (AvgIpc) is 3.04. The summed E-state index contributed by atoms with van der Waals surface area (Å²) in [4.78, 5) is 55.2. The largest absolute Gasteiger partial charge is 0.503 e. The maximum atomic E-state index is 13.3. The van der Waals surface area contributed by atoms with Gasteiger partial charge in [-0.1, -0.05) is 69.9 Å². The number of hydrogen-bond acceptors (Lipinski definition) is 10. The first-order valence-corrected chi connectivity index (χ1v) is 15.2. The zero-order valence-corrected chi connectivity index (χ0v) is 26.0. The first-order chi connectivity index (χ1) is 21.1. The van der Waals surface area contributed by atoms with Crippen LogP contribution in [0.5, 0.6) is 11.5 Å². The van der Waals surface area contributed by atoms with Crippen molar-refractivity contribution in [3.8, 4) is 11.5 Å². The normalized spacial score (nSPS) is 20.5. The minimum atomic E-state index is -0.982. The van der Waals surface area contributed by atoms with Gasteiger partial charge in [0.2, 0.25) is 0 Å². The standard InChI is InChI=1S/C33H44N2O9/c1-21(2)31(38)44-29-22(3)43-32(39)24(20-42-33(40)25(29)19-23-13-9-8-10-14-23)15-11-6-5-7-12-17-35-30(37)27-28(36)26(41-4)16-18-34-27/h8-10,13-14,16,18,21-22,24-25,29,36H,5-7,11-12,15,17,19-20H2,1-4H3,(H,35,37)/t22-,24-,25+,29-/m0/s1. The first kappa shape index (κ1) is 34.3. The maximum absolute atomic E-state index is 13.3. The molecule has 0 saturated carbocycles. The Balaban J connectivity index is 1.49. The number of rotatable bonds is 14. The lowest BCUT2D eigenvalue weighted by Gasteiger charge is -2.29. The molecular weight excluding hydrogens is 568 g/mol. The zero-order chi connectivity index (χ0) is 32.1. The maximum Gasteiger partial charge on any atom is 0.313 e. The lowest BCUT2D eigenvalue weighted by atomic mass is 9.91. The molecule has 11 nitrogen and oxygen atoms in total. The van der Waals surface area contributed by atoms with Crippen LogP contribution in [0.2, 0.25) is 0 Å². The van der Waals surface area contributed by atoms with Crippen molar-refractivity contribution in [3.63, 3.8) is 0 Å². The van der Waals surface area contributed by atoms with E-state index in [2.05, 4.69) is 10.3 Å². The number of carbonyl (C=O) groups excluding carboxylic acids is 4. The molecule has 1 aliphatic rings. The number of carbonyl (C=O) groups is 4. The van der Waals surface area contributed by atoms with Gasteiger partial charge in [0.05, 0.1) is 18.9 Å². The Morgan fingerprint density at radius 1 is 1.05 bits per heavy atom. The van der Waals surface area contributed by atoms with Crippen molar-refractivity contribution in [1.82, 2.24) is 10.3 Å². The third-order valence-electron chi connectivity index (χ3n) is 7.58. The number of amides is 1. The van der Waals surface area contributed by atoms with Gasteiger partial charge in [-0.3, -0.25) is 19.2 Å². The number of esters is 3. The summed E-state index contributed by atoms with van der Waals surface area (Å²) >= 11 is 0. The van der Waals surface area contributed by atoms with E-state index in [0.29, 0.717) is 13.0 Å². The Bertz CT molecular complexity index is 1250.